The van der Waals surface area contributed by atoms with Gasteiger partial charge in [0, 0.05) is 28.4 Å². The quantitative estimate of drug-likeness (QED) is 0.340. The van der Waals surface area contributed by atoms with Gasteiger partial charge in [-0.1, -0.05) is 35.5 Å². The van der Waals surface area contributed by atoms with Gasteiger partial charge >= 0.3 is 0 Å². The van der Waals surface area contributed by atoms with Gasteiger partial charge in [0.15, 0.2) is 11.5 Å². The summed E-state index contributed by atoms with van der Waals surface area (Å²) in [7, 11) is 3.05. The first-order valence-electron chi connectivity index (χ1n) is 11.5. The monoisotopic (exact) mass is 496 g/mol. The van der Waals surface area contributed by atoms with Crippen LogP contribution in [-0.4, -0.2) is 36.2 Å². The number of carbonyl (C=O) groups excluding carboxylic acids is 2. The van der Waals surface area contributed by atoms with Gasteiger partial charge in [-0.3, -0.25) is 14.5 Å². The summed E-state index contributed by atoms with van der Waals surface area (Å²) in [6.45, 7) is 1.81. The van der Waals surface area contributed by atoms with Crippen molar-refractivity contribution in [2.45, 2.75) is 13.0 Å². The van der Waals surface area contributed by atoms with E-state index in [0.29, 0.717) is 39.8 Å². The van der Waals surface area contributed by atoms with Crippen LogP contribution in [0.5, 0.6) is 11.5 Å². The number of aliphatic hydroxyl groups is 1. The molecule has 1 unspecified atom stereocenters. The van der Waals surface area contributed by atoms with Gasteiger partial charge in [0.2, 0.25) is 0 Å². The van der Waals surface area contributed by atoms with Crippen molar-refractivity contribution in [1.29, 1.82) is 0 Å². The molecule has 37 heavy (non-hydrogen) atoms. The molecule has 0 aliphatic carbocycles. The van der Waals surface area contributed by atoms with Crippen LogP contribution in [0.4, 0.5) is 5.69 Å². The number of aromatic nitrogens is 1. The molecular weight excluding hydrogens is 472 g/mol. The lowest BCUT2D eigenvalue weighted by atomic mass is 9.92. The Bertz CT molecular complexity index is 1500. The SMILES string of the molecule is COc1ccc(C(=O)C2=C(O)C(=O)N(c3ccc(-c4cc(C)on4)cc3)C2c2ccccc2OC)cc1. The highest BCUT2D eigenvalue weighted by atomic mass is 16.5. The second-order valence-corrected chi connectivity index (χ2v) is 8.51. The smallest absolute Gasteiger partial charge is 0.294 e. The third kappa shape index (κ3) is 4.23. The number of rotatable bonds is 7. The number of benzene rings is 3. The van der Waals surface area contributed by atoms with Crippen LogP contribution in [0.25, 0.3) is 11.3 Å². The predicted molar refractivity (Wildman–Crippen MR) is 137 cm³/mol. The second kappa shape index (κ2) is 9.66. The number of amides is 1. The highest BCUT2D eigenvalue weighted by molar-refractivity contribution is 6.21. The van der Waals surface area contributed by atoms with Gasteiger partial charge in [-0.05, 0) is 49.4 Å². The first-order chi connectivity index (χ1) is 17.9. The Kier molecular flexibility index (Phi) is 6.23. The molecule has 0 radical (unpaired) electrons. The summed E-state index contributed by atoms with van der Waals surface area (Å²) < 4.78 is 15.9. The number of methoxy groups -OCH3 is 2. The molecule has 4 aromatic rings. The number of hydrogen-bond donors (Lipinski definition) is 1. The molecule has 1 aliphatic heterocycles. The minimum Gasteiger partial charge on any atom is -0.503 e. The fraction of sp³-hybridized carbons (Fsp3) is 0.138. The number of ether oxygens (including phenoxy) is 2. The molecule has 1 N–H and O–H groups in total. The van der Waals surface area contributed by atoms with E-state index in [1.165, 1.54) is 19.1 Å². The van der Waals surface area contributed by atoms with Gasteiger partial charge in [-0.15, -0.1) is 0 Å². The van der Waals surface area contributed by atoms with Crippen molar-refractivity contribution in [3.05, 3.63) is 107 Å². The van der Waals surface area contributed by atoms with E-state index in [0.717, 1.165) is 5.56 Å². The van der Waals surface area contributed by atoms with Gasteiger partial charge in [0.1, 0.15) is 23.0 Å². The van der Waals surface area contributed by atoms with Crippen LogP contribution in [-0.2, 0) is 4.79 Å². The lowest BCUT2D eigenvalue weighted by Gasteiger charge is -2.28. The number of ketones is 1. The molecular formula is C29H24N2O6. The Balaban J connectivity index is 1.61. The third-order valence-corrected chi connectivity index (χ3v) is 6.31. The highest BCUT2D eigenvalue weighted by Crippen LogP contribution is 2.45. The van der Waals surface area contributed by atoms with E-state index in [4.69, 9.17) is 14.0 Å². The molecule has 1 aromatic heterocycles. The zero-order valence-corrected chi connectivity index (χ0v) is 20.5. The zero-order chi connectivity index (χ0) is 26.1. The molecule has 0 bridgehead atoms. The molecule has 2 heterocycles. The maximum atomic E-state index is 13.7. The number of anilines is 1. The second-order valence-electron chi connectivity index (χ2n) is 8.51. The Morgan fingerprint density at radius 2 is 1.68 bits per heavy atom. The average molecular weight is 497 g/mol. The topological polar surface area (TPSA) is 102 Å². The van der Waals surface area contributed by atoms with Gasteiger partial charge in [-0.25, -0.2) is 0 Å². The van der Waals surface area contributed by atoms with Crippen molar-refractivity contribution in [2.24, 2.45) is 0 Å². The van der Waals surface area contributed by atoms with Gasteiger partial charge in [0.25, 0.3) is 5.91 Å². The Morgan fingerprint density at radius 3 is 2.30 bits per heavy atom. The van der Waals surface area contributed by atoms with Crippen molar-refractivity contribution < 1.29 is 28.7 Å². The van der Waals surface area contributed by atoms with Crippen LogP contribution in [0, 0.1) is 6.92 Å². The highest BCUT2D eigenvalue weighted by Gasteiger charge is 2.45. The number of para-hydroxylation sites is 1. The number of nitrogens with zero attached hydrogens (tertiary/aromatic N) is 2. The predicted octanol–water partition coefficient (Wildman–Crippen LogP) is 5.45. The largest absolute Gasteiger partial charge is 0.503 e. The molecule has 0 saturated carbocycles. The first kappa shape index (κ1) is 23.9. The van der Waals surface area contributed by atoms with Crippen molar-refractivity contribution in [2.75, 3.05) is 19.1 Å². The lowest BCUT2D eigenvalue weighted by molar-refractivity contribution is -0.117. The number of hydrogen-bond acceptors (Lipinski definition) is 7. The lowest BCUT2D eigenvalue weighted by Crippen LogP contribution is -2.31. The minimum atomic E-state index is -0.918. The molecule has 1 aliphatic rings. The van der Waals surface area contributed by atoms with Crippen molar-refractivity contribution in [1.82, 2.24) is 5.16 Å². The van der Waals surface area contributed by atoms with E-state index in [-0.39, 0.29) is 5.57 Å². The van der Waals surface area contributed by atoms with Crippen LogP contribution < -0.4 is 14.4 Å². The Labute approximate surface area is 213 Å². The zero-order valence-electron chi connectivity index (χ0n) is 20.5. The van der Waals surface area contributed by atoms with Gasteiger partial charge in [-0.2, -0.15) is 0 Å². The van der Waals surface area contributed by atoms with E-state index in [1.54, 1.807) is 79.7 Å². The summed E-state index contributed by atoms with van der Waals surface area (Å²) >= 11 is 0. The molecule has 1 amide bonds. The number of aliphatic hydroxyl groups excluding tert-OH is 1. The van der Waals surface area contributed by atoms with Gasteiger partial charge < -0.3 is 19.1 Å². The van der Waals surface area contributed by atoms with Crippen molar-refractivity contribution in [3.8, 4) is 22.8 Å². The molecule has 0 saturated heterocycles. The summed E-state index contributed by atoms with van der Waals surface area (Å²) in [5, 5.41) is 15.1. The average Bonchev–Trinajstić information content (AvgIpc) is 3.49. The fourth-order valence-corrected chi connectivity index (χ4v) is 4.48. The molecule has 3 aromatic carbocycles. The van der Waals surface area contributed by atoms with E-state index in [1.807, 2.05) is 6.07 Å². The van der Waals surface area contributed by atoms with E-state index >= 15 is 0 Å². The van der Waals surface area contributed by atoms with Gasteiger partial charge in [0.05, 0.1) is 25.8 Å². The summed E-state index contributed by atoms with van der Waals surface area (Å²) in [6, 6.07) is 21.6. The van der Waals surface area contributed by atoms with E-state index < -0.39 is 23.5 Å². The molecule has 8 heteroatoms. The summed E-state index contributed by atoms with van der Waals surface area (Å²) in [5.41, 5.74) is 2.80. The maximum absolute atomic E-state index is 13.7. The normalized spacial score (nSPS) is 15.3. The summed E-state index contributed by atoms with van der Waals surface area (Å²) in [6.07, 6.45) is 0. The van der Waals surface area contributed by atoms with Crippen molar-refractivity contribution in [3.63, 3.8) is 0 Å². The molecule has 8 nitrogen and oxygen atoms in total. The number of Topliss-reactive ketones (excluding diaryl/α,β-unsaturated/α-hetero) is 1. The molecule has 186 valence electrons. The molecule has 1 atom stereocenters. The molecule has 0 spiro atoms. The Morgan fingerprint density at radius 1 is 0.973 bits per heavy atom. The van der Waals surface area contributed by atoms with E-state index in [9.17, 15) is 14.7 Å². The molecule has 5 rings (SSSR count). The first-order valence-corrected chi connectivity index (χ1v) is 11.5. The third-order valence-electron chi connectivity index (χ3n) is 6.31. The van der Waals surface area contributed by atoms with E-state index in [2.05, 4.69) is 5.16 Å². The van der Waals surface area contributed by atoms with Crippen LogP contribution in [0.3, 0.4) is 0 Å². The summed E-state index contributed by atoms with van der Waals surface area (Å²) in [4.78, 5) is 28.6. The van der Waals surface area contributed by atoms with Crippen LogP contribution in [0.15, 0.2) is 94.7 Å². The number of carbonyl (C=O) groups is 2. The standard InChI is InChI=1S/C29H24N2O6/c1-17-16-23(30-37-17)18-8-12-20(13-9-18)31-26(22-6-4-5-7-24(22)36-3)25(28(33)29(31)34)27(32)19-10-14-21(35-2)15-11-19/h4-16,26,33H,1-3H3. The van der Waals surface area contributed by atoms with Crippen LogP contribution >= 0.6 is 0 Å². The van der Waals surface area contributed by atoms with Crippen LogP contribution in [0.1, 0.15) is 27.7 Å². The molecule has 0 fully saturated rings. The fourth-order valence-electron chi connectivity index (χ4n) is 4.48. The van der Waals surface area contributed by atoms with Crippen LogP contribution in [0.2, 0.25) is 0 Å². The Hall–Kier alpha value is -4.85. The summed E-state index contributed by atoms with van der Waals surface area (Å²) in [5.74, 6) is -0.00885. The minimum absolute atomic E-state index is 0.0316. The number of aryl methyl sites for hydroxylation is 1. The van der Waals surface area contributed by atoms with Crippen molar-refractivity contribution >= 4 is 17.4 Å². The maximum Gasteiger partial charge on any atom is 0.294 e.